The van der Waals surface area contributed by atoms with Crippen LogP contribution in [0.5, 0.6) is 0 Å². The van der Waals surface area contributed by atoms with Crippen LogP contribution in [0.2, 0.25) is 0 Å². The van der Waals surface area contributed by atoms with E-state index in [2.05, 4.69) is 5.32 Å². The third kappa shape index (κ3) is 13.3. The molecule has 10 nitrogen and oxygen atoms in total. The Morgan fingerprint density at radius 2 is 1.68 bits per heavy atom. The van der Waals surface area contributed by atoms with Crippen molar-refractivity contribution in [2.24, 2.45) is 0 Å². The highest BCUT2D eigenvalue weighted by atomic mass is 16.6. The molecule has 0 spiro atoms. The normalized spacial score (nSPS) is 13.0. The molecular formula is C29H45BN2O8. The number of hydrogen-bond acceptors (Lipinski definition) is 8. The summed E-state index contributed by atoms with van der Waals surface area (Å²) in [5.41, 5.74) is 3.21. The summed E-state index contributed by atoms with van der Waals surface area (Å²) in [5, 5.41) is 36.4. The highest BCUT2D eigenvalue weighted by Gasteiger charge is 2.20. The van der Waals surface area contributed by atoms with Gasteiger partial charge in [-0.15, -0.1) is 0 Å². The zero-order valence-corrected chi connectivity index (χ0v) is 24.7. The smallest absolute Gasteiger partial charge is 0.449 e. The highest BCUT2D eigenvalue weighted by Crippen LogP contribution is 2.21. The van der Waals surface area contributed by atoms with Crippen molar-refractivity contribution >= 4 is 30.5 Å². The number of amides is 2. The zero-order valence-electron chi connectivity index (χ0n) is 24.7. The summed E-state index contributed by atoms with van der Waals surface area (Å²) < 4.78 is 10.8. The molecule has 0 bridgehead atoms. The van der Waals surface area contributed by atoms with E-state index in [0.717, 1.165) is 43.1 Å². The van der Waals surface area contributed by atoms with E-state index in [4.69, 9.17) is 19.7 Å². The van der Waals surface area contributed by atoms with E-state index < -0.39 is 24.9 Å². The minimum atomic E-state index is -1.51. The third-order valence-electron chi connectivity index (χ3n) is 5.87. The number of aliphatic hydroxyl groups is 2. The molecule has 2 aromatic rings. The maximum Gasteiger partial charge on any atom is 0.488 e. The van der Waals surface area contributed by atoms with Crippen LogP contribution in [0.1, 0.15) is 69.6 Å². The van der Waals surface area contributed by atoms with Gasteiger partial charge in [0.15, 0.2) is 0 Å². The lowest BCUT2D eigenvalue weighted by molar-refractivity contribution is 0.0284. The number of hydrogen-bond donors (Lipinski definition) is 5. The second-order valence-corrected chi connectivity index (χ2v) is 10.6. The first kappa shape index (κ1) is 34.9. The first-order valence-electron chi connectivity index (χ1n) is 13.3. The molecule has 2 aromatic carbocycles. The van der Waals surface area contributed by atoms with Gasteiger partial charge in [-0.05, 0) is 81.2 Å². The Bertz CT molecular complexity index is 1050. The van der Waals surface area contributed by atoms with Crippen molar-refractivity contribution < 1.29 is 39.3 Å². The fourth-order valence-corrected chi connectivity index (χ4v) is 3.37. The lowest BCUT2D eigenvalue weighted by Crippen LogP contribution is -2.34. The predicted molar refractivity (Wildman–Crippen MR) is 157 cm³/mol. The predicted octanol–water partition coefficient (Wildman–Crippen LogP) is 3.53. The van der Waals surface area contributed by atoms with E-state index in [1.54, 1.807) is 37.4 Å². The first-order valence-corrected chi connectivity index (χ1v) is 13.3. The summed E-state index contributed by atoms with van der Waals surface area (Å²) in [5.74, 6) is -0.0216. The topological polar surface area (TPSA) is 149 Å². The average molecular weight is 560 g/mol. The van der Waals surface area contributed by atoms with E-state index in [9.17, 15) is 19.6 Å². The minimum absolute atomic E-state index is 0.0216. The van der Waals surface area contributed by atoms with Gasteiger partial charge in [0, 0.05) is 32.3 Å². The molecule has 11 heteroatoms. The number of nitrogens with one attached hydrogen (secondary N) is 1. The minimum Gasteiger partial charge on any atom is -0.449 e. The van der Waals surface area contributed by atoms with Crippen LogP contribution in [0, 0.1) is 6.92 Å². The van der Waals surface area contributed by atoms with Gasteiger partial charge in [-0.1, -0.05) is 37.3 Å². The molecule has 0 radical (unpaired) electrons. The van der Waals surface area contributed by atoms with Gasteiger partial charge < -0.3 is 34.6 Å². The van der Waals surface area contributed by atoms with Gasteiger partial charge in [-0.25, -0.2) is 9.59 Å². The molecule has 1 aliphatic carbocycles. The molecule has 222 valence electrons. The maximum absolute atomic E-state index is 12.4. The fourth-order valence-electron chi connectivity index (χ4n) is 3.37. The fraction of sp³-hybridized carbons (Fsp3) is 0.517. The van der Waals surface area contributed by atoms with Crippen molar-refractivity contribution in [1.29, 1.82) is 0 Å². The van der Waals surface area contributed by atoms with Crippen molar-refractivity contribution in [3.8, 4) is 0 Å². The first-order chi connectivity index (χ1) is 18.8. The molecule has 3 rings (SSSR count). The molecule has 0 unspecified atom stereocenters. The molecule has 1 saturated carbocycles. The molecule has 1 atom stereocenters. The largest absolute Gasteiger partial charge is 0.488 e. The van der Waals surface area contributed by atoms with Gasteiger partial charge in [0.2, 0.25) is 0 Å². The van der Waals surface area contributed by atoms with Crippen molar-refractivity contribution in [1.82, 2.24) is 4.90 Å². The summed E-state index contributed by atoms with van der Waals surface area (Å²) in [7, 11) is 1.15. The highest BCUT2D eigenvalue weighted by molar-refractivity contribution is 6.58. The molecule has 0 aromatic heterocycles. The van der Waals surface area contributed by atoms with Gasteiger partial charge in [0.25, 0.3) is 0 Å². The summed E-state index contributed by atoms with van der Waals surface area (Å²) in [6.07, 6.45) is 1.92. The van der Waals surface area contributed by atoms with E-state index in [0.29, 0.717) is 17.7 Å². The molecular weight excluding hydrogens is 515 g/mol. The van der Waals surface area contributed by atoms with Crippen molar-refractivity contribution in [3.05, 3.63) is 59.2 Å². The standard InChI is InChI=1S/C25H35BN2O6.C3H6O.CH4O/c1-7-18(19-9-11-21(12-10-19)26(31)32)16-33-23(29)27-22-13-8-17(2)20(14-22)15-28(6)24(30)34-25(3,4)5;4-3-1-2-3;1-2/h8-14,18,31-32H,7,15-16H2,1-6H3,(H,27,29);3-4H,1-2H2;2H,1H3/t18-;;/m0../s1. The van der Waals surface area contributed by atoms with Crippen LogP contribution < -0.4 is 10.8 Å². The zero-order chi connectivity index (χ0) is 30.5. The third-order valence-corrected chi connectivity index (χ3v) is 5.87. The van der Waals surface area contributed by atoms with Crippen molar-refractivity contribution in [2.75, 3.05) is 26.1 Å². The number of carbonyl (C=O) groups is 2. The maximum atomic E-state index is 12.4. The number of aliphatic hydroxyl groups excluding tert-OH is 2. The molecule has 0 heterocycles. The van der Waals surface area contributed by atoms with E-state index in [1.165, 1.54) is 4.90 Å². The number of anilines is 1. The number of rotatable bonds is 8. The monoisotopic (exact) mass is 560 g/mol. The Labute approximate surface area is 238 Å². The van der Waals surface area contributed by atoms with E-state index >= 15 is 0 Å². The molecule has 1 aliphatic rings. The lowest BCUT2D eigenvalue weighted by Gasteiger charge is -2.25. The average Bonchev–Trinajstić information content (AvgIpc) is 3.69. The quantitative estimate of drug-likeness (QED) is 0.308. The number of aryl methyl sites for hydroxylation is 1. The Balaban J connectivity index is 0.00000119. The van der Waals surface area contributed by atoms with E-state index in [1.807, 2.05) is 46.8 Å². The van der Waals surface area contributed by atoms with Gasteiger partial charge in [-0.2, -0.15) is 0 Å². The van der Waals surface area contributed by atoms with Crippen LogP contribution in [0.15, 0.2) is 42.5 Å². The van der Waals surface area contributed by atoms with Crippen LogP contribution in [0.4, 0.5) is 15.3 Å². The van der Waals surface area contributed by atoms with Crippen LogP contribution in [-0.4, -0.2) is 76.9 Å². The Kier molecular flexibility index (Phi) is 14.7. The summed E-state index contributed by atoms with van der Waals surface area (Å²) in [6.45, 7) is 9.90. The van der Waals surface area contributed by atoms with Gasteiger partial charge >= 0.3 is 19.3 Å². The van der Waals surface area contributed by atoms with E-state index in [-0.39, 0.29) is 18.6 Å². The number of carbonyl (C=O) groups excluding carboxylic acids is 2. The number of nitrogens with zero attached hydrogens (tertiary/aromatic N) is 1. The molecule has 0 saturated heterocycles. The summed E-state index contributed by atoms with van der Waals surface area (Å²) in [6, 6.07) is 12.4. The number of benzene rings is 2. The Morgan fingerprint density at radius 1 is 1.10 bits per heavy atom. The van der Waals surface area contributed by atoms with Gasteiger partial charge in [0.1, 0.15) is 12.2 Å². The SMILES string of the molecule is CC[C@@H](COC(=O)Nc1ccc(C)c(CN(C)C(=O)OC(C)(C)C)c1)c1ccc(B(O)O)cc1.CO.OC1CC1. The molecule has 0 aliphatic heterocycles. The Hall–Kier alpha value is -3.12. The van der Waals surface area contributed by atoms with Crippen molar-refractivity contribution in [3.63, 3.8) is 0 Å². The molecule has 40 heavy (non-hydrogen) atoms. The molecule has 5 N–H and O–H groups in total. The number of ether oxygens (including phenoxy) is 2. The Morgan fingerprint density at radius 3 is 2.15 bits per heavy atom. The second kappa shape index (κ2) is 16.9. The van der Waals surface area contributed by atoms with Gasteiger partial charge in [0.05, 0.1) is 6.10 Å². The van der Waals surface area contributed by atoms with Crippen LogP contribution in [0.3, 0.4) is 0 Å². The summed E-state index contributed by atoms with van der Waals surface area (Å²) in [4.78, 5) is 26.2. The molecule has 1 fully saturated rings. The van der Waals surface area contributed by atoms with Crippen LogP contribution in [0.25, 0.3) is 0 Å². The lowest BCUT2D eigenvalue weighted by atomic mass is 9.79. The van der Waals surface area contributed by atoms with Crippen molar-refractivity contribution in [2.45, 2.75) is 78.0 Å². The van der Waals surface area contributed by atoms with Crippen LogP contribution in [-0.2, 0) is 16.0 Å². The van der Waals surface area contributed by atoms with Crippen LogP contribution >= 0.6 is 0 Å². The molecule has 2 amide bonds. The second-order valence-electron chi connectivity index (χ2n) is 10.6. The van der Waals surface area contributed by atoms with Gasteiger partial charge in [-0.3, -0.25) is 5.32 Å². The summed E-state index contributed by atoms with van der Waals surface area (Å²) >= 11 is 0.